The van der Waals surface area contributed by atoms with Gasteiger partial charge in [0.1, 0.15) is 5.82 Å². The van der Waals surface area contributed by atoms with Crippen molar-refractivity contribution in [1.82, 2.24) is 20.0 Å². The first kappa shape index (κ1) is 29.1. The smallest absolute Gasteiger partial charge is 0.416 e. The molecular weight excluding hydrogens is 532 g/mol. The molecule has 1 N–H and O–H groups in total. The Labute approximate surface area is 229 Å². The molecule has 4 rings (SSSR count). The molecule has 2 atom stereocenters. The molecule has 2 aliphatic rings. The van der Waals surface area contributed by atoms with E-state index in [1.165, 1.54) is 42.3 Å². The lowest BCUT2D eigenvalue weighted by atomic mass is 9.93. The average Bonchev–Trinajstić information content (AvgIpc) is 2.91. The maximum atomic E-state index is 14.2. The van der Waals surface area contributed by atoms with Crippen LogP contribution in [0.15, 0.2) is 59.8 Å². The van der Waals surface area contributed by atoms with Gasteiger partial charge < -0.3 is 15.0 Å². The Bertz CT molecular complexity index is 1310. The summed E-state index contributed by atoms with van der Waals surface area (Å²) in [5, 5.41) is 2.69. The van der Waals surface area contributed by atoms with Crippen molar-refractivity contribution in [2.45, 2.75) is 32.1 Å². The van der Waals surface area contributed by atoms with Crippen molar-refractivity contribution in [3.05, 3.63) is 82.3 Å². The minimum absolute atomic E-state index is 0.0156. The number of amides is 3. The van der Waals surface area contributed by atoms with Crippen molar-refractivity contribution in [1.29, 1.82) is 0 Å². The Hall–Kier alpha value is -3.93. The Kier molecular flexibility index (Phi) is 8.48. The third kappa shape index (κ3) is 5.96. The van der Waals surface area contributed by atoms with Crippen LogP contribution in [0.3, 0.4) is 0 Å². The average molecular weight is 563 g/mol. The highest BCUT2D eigenvalue weighted by Crippen LogP contribution is 2.34. The molecule has 2 aromatic rings. The van der Waals surface area contributed by atoms with E-state index >= 15 is 0 Å². The summed E-state index contributed by atoms with van der Waals surface area (Å²) in [6.07, 6.45) is -4.54. The molecule has 1 fully saturated rings. The van der Waals surface area contributed by atoms with Crippen molar-refractivity contribution < 1.29 is 36.7 Å². The fourth-order valence-corrected chi connectivity index (χ4v) is 4.99. The molecule has 214 valence electrons. The highest BCUT2D eigenvalue weighted by atomic mass is 19.4. The number of hydrogen-bond acceptors (Lipinski definition) is 5. The predicted molar refractivity (Wildman–Crippen MR) is 137 cm³/mol. The zero-order valence-electron chi connectivity index (χ0n) is 22.3. The third-order valence-corrected chi connectivity index (χ3v) is 7.09. The zero-order valence-corrected chi connectivity index (χ0v) is 22.3. The molecule has 40 heavy (non-hydrogen) atoms. The van der Waals surface area contributed by atoms with Crippen LogP contribution in [0, 0.1) is 5.82 Å². The number of ether oxygens (including phenoxy) is 1. The van der Waals surface area contributed by atoms with Crippen LogP contribution in [0.2, 0.25) is 0 Å². The molecule has 0 radical (unpaired) electrons. The fourth-order valence-electron chi connectivity index (χ4n) is 4.99. The zero-order chi connectivity index (χ0) is 29.2. The molecule has 3 amide bonds. The lowest BCUT2D eigenvalue weighted by Crippen LogP contribution is -2.56. The SMILES string of the molecule is CCOC(=O)C1=C(CN2CCN(C(=O)c3ccccc3F)[C@@H](C)C2)N(C)C(=O)N[C@@H]1c1ccc(C(F)(F)F)cc1. The van der Waals surface area contributed by atoms with Crippen molar-refractivity contribution in [3.63, 3.8) is 0 Å². The van der Waals surface area contributed by atoms with E-state index in [-0.39, 0.29) is 36.9 Å². The summed E-state index contributed by atoms with van der Waals surface area (Å²) in [5.41, 5.74) is -0.120. The molecule has 2 aliphatic heterocycles. The Balaban J connectivity index is 1.62. The van der Waals surface area contributed by atoms with Gasteiger partial charge in [0, 0.05) is 45.0 Å². The maximum absolute atomic E-state index is 14.2. The van der Waals surface area contributed by atoms with Gasteiger partial charge in [0.25, 0.3) is 5.91 Å². The largest absolute Gasteiger partial charge is 0.463 e. The van der Waals surface area contributed by atoms with E-state index in [0.29, 0.717) is 24.4 Å². The first-order chi connectivity index (χ1) is 18.9. The molecule has 0 aliphatic carbocycles. The van der Waals surface area contributed by atoms with Gasteiger partial charge >= 0.3 is 18.2 Å². The van der Waals surface area contributed by atoms with E-state index in [2.05, 4.69) is 5.32 Å². The second kappa shape index (κ2) is 11.7. The van der Waals surface area contributed by atoms with Gasteiger partial charge in [-0.2, -0.15) is 13.2 Å². The molecule has 0 aromatic heterocycles. The number of hydrogen-bond donors (Lipinski definition) is 1. The maximum Gasteiger partial charge on any atom is 0.416 e. The van der Waals surface area contributed by atoms with Gasteiger partial charge in [-0.1, -0.05) is 24.3 Å². The van der Waals surface area contributed by atoms with Crippen LogP contribution >= 0.6 is 0 Å². The van der Waals surface area contributed by atoms with Crippen molar-refractivity contribution in [2.75, 3.05) is 39.8 Å². The van der Waals surface area contributed by atoms with Crippen LogP contribution in [0.25, 0.3) is 0 Å². The number of alkyl halides is 3. The fraction of sp³-hybridized carbons (Fsp3) is 0.393. The monoisotopic (exact) mass is 562 g/mol. The van der Waals surface area contributed by atoms with Crippen molar-refractivity contribution in [3.8, 4) is 0 Å². The first-order valence-electron chi connectivity index (χ1n) is 12.8. The number of carbonyl (C=O) groups is 3. The van der Waals surface area contributed by atoms with Crippen LogP contribution < -0.4 is 5.32 Å². The summed E-state index contributed by atoms with van der Waals surface area (Å²) in [6, 6.07) is 8.16. The molecule has 12 heteroatoms. The molecular formula is C28H30F4N4O4. The summed E-state index contributed by atoms with van der Waals surface area (Å²) < 4.78 is 58.9. The minimum atomic E-state index is -4.54. The molecule has 0 saturated carbocycles. The number of rotatable bonds is 6. The van der Waals surface area contributed by atoms with E-state index < -0.39 is 41.5 Å². The van der Waals surface area contributed by atoms with Gasteiger partial charge in [-0.15, -0.1) is 0 Å². The summed E-state index contributed by atoms with van der Waals surface area (Å²) in [4.78, 5) is 43.9. The number of urea groups is 1. The number of nitrogens with zero attached hydrogens (tertiary/aromatic N) is 3. The summed E-state index contributed by atoms with van der Waals surface area (Å²) in [6.45, 7) is 4.69. The van der Waals surface area contributed by atoms with E-state index in [1.807, 2.05) is 11.8 Å². The highest BCUT2D eigenvalue weighted by Gasteiger charge is 2.39. The Morgan fingerprint density at radius 2 is 1.75 bits per heavy atom. The quantitative estimate of drug-likeness (QED) is 0.422. The normalized spacial score (nSPS) is 20.4. The van der Waals surface area contributed by atoms with Crippen LogP contribution in [-0.4, -0.2) is 78.5 Å². The summed E-state index contributed by atoms with van der Waals surface area (Å²) in [7, 11) is 1.49. The Morgan fingerprint density at radius 3 is 2.35 bits per heavy atom. The number of esters is 1. The molecule has 2 heterocycles. The minimum Gasteiger partial charge on any atom is -0.463 e. The van der Waals surface area contributed by atoms with E-state index in [9.17, 15) is 31.9 Å². The number of benzene rings is 2. The van der Waals surface area contributed by atoms with Gasteiger partial charge in [0.05, 0.1) is 29.3 Å². The van der Waals surface area contributed by atoms with Crippen molar-refractivity contribution >= 4 is 17.9 Å². The number of likely N-dealkylation sites (N-methyl/N-ethyl adjacent to an activating group) is 1. The number of piperazine rings is 1. The van der Waals surface area contributed by atoms with Gasteiger partial charge in [0.2, 0.25) is 0 Å². The predicted octanol–water partition coefficient (Wildman–Crippen LogP) is 4.20. The van der Waals surface area contributed by atoms with Crippen LogP contribution in [0.1, 0.15) is 41.4 Å². The second-order valence-corrected chi connectivity index (χ2v) is 9.70. The number of halogens is 4. The van der Waals surface area contributed by atoms with Gasteiger partial charge in [-0.25, -0.2) is 14.0 Å². The van der Waals surface area contributed by atoms with Crippen LogP contribution in [0.5, 0.6) is 0 Å². The molecule has 2 aromatic carbocycles. The molecule has 1 saturated heterocycles. The topological polar surface area (TPSA) is 82.2 Å². The van der Waals surface area contributed by atoms with E-state index in [4.69, 9.17) is 4.74 Å². The second-order valence-electron chi connectivity index (χ2n) is 9.70. The van der Waals surface area contributed by atoms with Crippen molar-refractivity contribution in [2.24, 2.45) is 0 Å². The molecule has 0 spiro atoms. The summed E-state index contributed by atoms with van der Waals surface area (Å²) in [5.74, 6) is -1.72. The summed E-state index contributed by atoms with van der Waals surface area (Å²) >= 11 is 0. The van der Waals surface area contributed by atoms with Crippen LogP contribution in [-0.2, 0) is 15.7 Å². The van der Waals surface area contributed by atoms with Crippen LogP contribution in [0.4, 0.5) is 22.4 Å². The molecule has 8 nitrogen and oxygen atoms in total. The molecule has 0 bridgehead atoms. The lowest BCUT2D eigenvalue weighted by Gasteiger charge is -2.42. The standard InChI is InChI=1S/C28H30F4N4O4/c1-4-40-26(38)23-22(34(3)27(39)33-24(23)18-9-11-19(12-10-18)28(30,31)32)16-35-13-14-36(17(2)15-35)25(37)20-7-5-6-8-21(20)29/h5-12,17,24H,4,13-16H2,1-3H3,(H,33,39)/t17-,24+/m0/s1. The van der Waals surface area contributed by atoms with E-state index in [0.717, 1.165) is 12.1 Å². The van der Waals surface area contributed by atoms with Gasteiger partial charge in [-0.3, -0.25) is 14.6 Å². The molecule has 0 unspecified atom stereocenters. The highest BCUT2D eigenvalue weighted by molar-refractivity contribution is 5.95. The van der Waals surface area contributed by atoms with Gasteiger partial charge in [0.15, 0.2) is 0 Å². The Morgan fingerprint density at radius 1 is 1.07 bits per heavy atom. The first-order valence-corrected chi connectivity index (χ1v) is 12.8. The van der Waals surface area contributed by atoms with Gasteiger partial charge in [-0.05, 0) is 43.7 Å². The number of carbonyl (C=O) groups excluding carboxylic acids is 3. The third-order valence-electron chi connectivity index (χ3n) is 7.09. The number of nitrogens with one attached hydrogen (secondary N) is 1. The van der Waals surface area contributed by atoms with E-state index in [1.54, 1.807) is 17.9 Å². The lowest BCUT2D eigenvalue weighted by molar-refractivity contribution is -0.139.